The highest BCUT2D eigenvalue weighted by Crippen LogP contribution is 2.10. The highest BCUT2D eigenvalue weighted by Gasteiger charge is 2.10. The van der Waals surface area contributed by atoms with Gasteiger partial charge in [0.2, 0.25) is 0 Å². The maximum atomic E-state index is 12.0. The molecule has 0 amide bonds. The van der Waals surface area contributed by atoms with Crippen LogP contribution in [0.2, 0.25) is 0 Å². The predicted molar refractivity (Wildman–Crippen MR) is 69.5 cm³/mol. The third kappa shape index (κ3) is 4.67. The minimum Gasteiger partial charge on any atom is -0.373 e. The average Bonchev–Trinajstić information content (AvgIpc) is 2.37. The van der Waals surface area contributed by atoms with Crippen molar-refractivity contribution in [3.63, 3.8) is 0 Å². The maximum Gasteiger partial charge on any atom is 0.188 e. The first-order valence-electron chi connectivity index (χ1n) is 6.13. The molecular weight excluding hydrogens is 214 g/mol. The quantitative estimate of drug-likeness (QED) is 0.553. The molecule has 1 N–H and O–H groups in total. The number of carbonyl (C=O) groups excluding carboxylic acids is 1. The van der Waals surface area contributed by atoms with Gasteiger partial charge in [-0.3, -0.25) is 4.79 Å². The molecule has 0 radical (unpaired) electrons. The van der Waals surface area contributed by atoms with Crippen LogP contribution in [0.5, 0.6) is 0 Å². The van der Waals surface area contributed by atoms with Crippen LogP contribution < -0.4 is 5.32 Å². The van der Waals surface area contributed by atoms with Crippen LogP contribution in [-0.4, -0.2) is 32.6 Å². The van der Waals surface area contributed by atoms with Crippen molar-refractivity contribution >= 4 is 5.78 Å². The van der Waals surface area contributed by atoms with Gasteiger partial charge in [0.05, 0.1) is 0 Å². The fourth-order valence-electron chi connectivity index (χ4n) is 1.66. The van der Waals surface area contributed by atoms with E-state index in [1.165, 1.54) is 0 Å². The van der Waals surface area contributed by atoms with Crippen molar-refractivity contribution in [3.8, 4) is 0 Å². The summed E-state index contributed by atoms with van der Waals surface area (Å²) in [6.45, 7) is 3.74. The summed E-state index contributed by atoms with van der Waals surface area (Å²) in [6.07, 6.45) is 1.81. The molecule has 0 saturated heterocycles. The molecule has 0 heterocycles. The minimum atomic E-state index is 0.0742. The van der Waals surface area contributed by atoms with Gasteiger partial charge in [0.15, 0.2) is 5.78 Å². The standard InChI is InChI=1S/C14H21NO2/c1-3-10-17-11-14(16)13-7-5-4-6-12(13)8-9-15-2/h4-7,15H,3,8-11H2,1-2H3. The molecule has 1 rings (SSSR count). The fraction of sp³-hybridized carbons (Fsp3) is 0.500. The van der Waals surface area contributed by atoms with E-state index >= 15 is 0 Å². The number of nitrogens with one attached hydrogen (secondary N) is 1. The lowest BCUT2D eigenvalue weighted by Crippen LogP contribution is -2.15. The van der Waals surface area contributed by atoms with Gasteiger partial charge in [0.1, 0.15) is 6.61 Å². The van der Waals surface area contributed by atoms with Crippen LogP contribution in [0.25, 0.3) is 0 Å². The van der Waals surface area contributed by atoms with Crippen molar-refractivity contribution in [2.75, 3.05) is 26.8 Å². The molecule has 0 saturated carbocycles. The van der Waals surface area contributed by atoms with Crippen LogP contribution >= 0.6 is 0 Å². The summed E-state index contributed by atoms with van der Waals surface area (Å²) in [6, 6.07) is 7.75. The van der Waals surface area contributed by atoms with Crippen molar-refractivity contribution in [3.05, 3.63) is 35.4 Å². The Kier molecular flexibility index (Phi) is 6.51. The number of ether oxygens (including phenoxy) is 1. The molecule has 1 aromatic rings. The Hall–Kier alpha value is -1.19. The molecule has 0 aliphatic rings. The second-order valence-electron chi connectivity index (χ2n) is 3.99. The summed E-state index contributed by atoms with van der Waals surface area (Å²) in [7, 11) is 1.91. The number of hydrogen-bond acceptors (Lipinski definition) is 3. The highest BCUT2D eigenvalue weighted by molar-refractivity contribution is 5.98. The lowest BCUT2D eigenvalue weighted by atomic mass is 10.0. The smallest absolute Gasteiger partial charge is 0.188 e. The molecule has 0 aliphatic heterocycles. The second kappa shape index (κ2) is 7.98. The first-order chi connectivity index (χ1) is 8.29. The Morgan fingerprint density at radius 3 is 2.82 bits per heavy atom. The van der Waals surface area contributed by atoms with Gasteiger partial charge in [-0.2, -0.15) is 0 Å². The van der Waals surface area contributed by atoms with E-state index in [-0.39, 0.29) is 12.4 Å². The van der Waals surface area contributed by atoms with E-state index < -0.39 is 0 Å². The van der Waals surface area contributed by atoms with Crippen molar-refractivity contribution in [2.45, 2.75) is 19.8 Å². The summed E-state index contributed by atoms with van der Waals surface area (Å²) in [5.41, 5.74) is 1.88. The summed E-state index contributed by atoms with van der Waals surface area (Å²) < 4.78 is 5.29. The second-order valence-corrected chi connectivity index (χ2v) is 3.99. The van der Waals surface area contributed by atoms with E-state index in [1.807, 2.05) is 38.2 Å². The number of Topliss-reactive ketones (excluding diaryl/α,β-unsaturated/α-hetero) is 1. The van der Waals surface area contributed by atoms with Gasteiger partial charge >= 0.3 is 0 Å². The van der Waals surface area contributed by atoms with E-state index in [4.69, 9.17) is 4.74 Å². The molecule has 3 nitrogen and oxygen atoms in total. The monoisotopic (exact) mass is 235 g/mol. The molecular formula is C14H21NO2. The Balaban J connectivity index is 2.64. The third-order valence-corrected chi connectivity index (χ3v) is 2.54. The summed E-state index contributed by atoms with van der Waals surface area (Å²) in [4.78, 5) is 12.0. The van der Waals surface area contributed by atoms with Crippen LogP contribution in [0.4, 0.5) is 0 Å². The van der Waals surface area contributed by atoms with Gasteiger partial charge in [0.25, 0.3) is 0 Å². The number of benzene rings is 1. The SMILES string of the molecule is CCCOCC(=O)c1ccccc1CCNC. The molecule has 0 bridgehead atoms. The van der Waals surface area contributed by atoms with Gasteiger partial charge in [-0.15, -0.1) is 0 Å². The van der Waals surface area contributed by atoms with Crippen LogP contribution in [0.15, 0.2) is 24.3 Å². The molecule has 0 spiro atoms. The molecule has 0 aliphatic carbocycles. The maximum absolute atomic E-state index is 12.0. The summed E-state index contributed by atoms with van der Waals surface area (Å²) in [5, 5.41) is 3.09. The molecule has 17 heavy (non-hydrogen) atoms. The number of rotatable bonds is 8. The van der Waals surface area contributed by atoms with E-state index in [1.54, 1.807) is 0 Å². The highest BCUT2D eigenvalue weighted by atomic mass is 16.5. The zero-order chi connectivity index (χ0) is 12.5. The zero-order valence-corrected chi connectivity index (χ0v) is 10.7. The average molecular weight is 235 g/mol. The van der Waals surface area contributed by atoms with E-state index in [0.29, 0.717) is 6.61 Å². The first kappa shape index (κ1) is 13.9. The predicted octanol–water partition coefficient (Wildman–Crippen LogP) is 2.06. The largest absolute Gasteiger partial charge is 0.373 e. The van der Waals surface area contributed by atoms with Gasteiger partial charge in [-0.25, -0.2) is 0 Å². The van der Waals surface area contributed by atoms with Gasteiger partial charge in [-0.05, 0) is 32.0 Å². The number of likely N-dealkylation sites (N-methyl/N-ethyl adjacent to an activating group) is 1. The lowest BCUT2D eigenvalue weighted by molar-refractivity contribution is 0.0760. The Labute approximate surface area is 103 Å². The van der Waals surface area contributed by atoms with Crippen molar-refractivity contribution in [1.82, 2.24) is 5.32 Å². The Morgan fingerprint density at radius 1 is 1.35 bits per heavy atom. The number of carbonyl (C=O) groups is 1. The van der Waals surface area contributed by atoms with Gasteiger partial charge in [-0.1, -0.05) is 31.2 Å². The molecule has 0 unspecified atom stereocenters. The lowest BCUT2D eigenvalue weighted by Gasteiger charge is -2.08. The third-order valence-electron chi connectivity index (χ3n) is 2.54. The molecule has 0 fully saturated rings. The summed E-state index contributed by atoms with van der Waals surface area (Å²) >= 11 is 0. The number of hydrogen-bond donors (Lipinski definition) is 1. The van der Waals surface area contributed by atoms with Crippen molar-refractivity contribution < 1.29 is 9.53 Å². The van der Waals surface area contributed by atoms with Gasteiger partial charge < -0.3 is 10.1 Å². The molecule has 0 atom stereocenters. The topological polar surface area (TPSA) is 38.3 Å². The van der Waals surface area contributed by atoms with E-state index in [2.05, 4.69) is 5.32 Å². The fourth-order valence-corrected chi connectivity index (χ4v) is 1.66. The molecule has 3 heteroatoms. The van der Waals surface area contributed by atoms with Crippen LogP contribution in [-0.2, 0) is 11.2 Å². The normalized spacial score (nSPS) is 10.5. The van der Waals surface area contributed by atoms with Crippen LogP contribution in [0.1, 0.15) is 29.3 Å². The van der Waals surface area contributed by atoms with Crippen molar-refractivity contribution in [1.29, 1.82) is 0 Å². The first-order valence-corrected chi connectivity index (χ1v) is 6.13. The summed E-state index contributed by atoms with van der Waals surface area (Å²) in [5.74, 6) is 0.0742. The van der Waals surface area contributed by atoms with Gasteiger partial charge in [0, 0.05) is 12.2 Å². The van der Waals surface area contributed by atoms with E-state index in [0.717, 1.165) is 30.5 Å². The Bertz CT molecular complexity index is 350. The molecule has 0 aromatic heterocycles. The van der Waals surface area contributed by atoms with Crippen LogP contribution in [0.3, 0.4) is 0 Å². The Morgan fingerprint density at radius 2 is 2.12 bits per heavy atom. The minimum absolute atomic E-state index is 0.0742. The van der Waals surface area contributed by atoms with Crippen molar-refractivity contribution in [2.24, 2.45) is 0 Å². The molecule has 1 aromatic carbocycles. The zero-order valence-electron chi connectivity index (χ0n) is 10.7. The molecule has 94 valence electrons. The number of ketones is 1. The van der Waals surface area contributed by atoms with Crippen LogP contribution in [0, 0.1) is 0 Å². The van der Waals surface area contributed by atoms with E-state index in [9.17, 15) is 4.79 Å².